The number of aliphatic hydroxyl groups is 1. The van der Waals surface area contributed by atoms with E-state index in [1.807, 2.05) is 12.3 Å². The van der Waals surface area contributed by atoms with E-state index in [0.717, 1.165) is 25.0 Å². The van der Waals surface area contributed by atoms with E-state index in [9.17, 15) is 5.11 Å². The molecule has 0 fully saturated rings. The average molecular weight is 267 g/mol. The lowest BCUT2D eigenvalue weighted by atomic mass is 9.95. The Labute approximate surface area is 120 Å². The molecule has 2 aromatic rings. The molecule has 1 aliphatic rings. The van der Waals surface area contributed by atoms with Gasteiger partial charge in [-0.1, -0.05) is 37.3 Å². The summed E-state index contributed by atoms with van der Waals surface area (Å²) in [5.41, 5.74) is 5.03. The zero-order chi connectivity index (χ0) is 13.9. The van der Waals surface area contributed by atoms with Crippen molar-refractivity contribution in [2.45, 2.75) is 38.7 Å². The summed E-state index contributed by atoms with van der Waals surface area (Å²) in [4.78, 5) is 4.45. The molecule has 0 spiro atoms. The van der Waals surface area contributed by atoms with Crippen LogP contribution in [0.15, 0.2) is 42.6 Å². The lowest BCUT2D eigenvalue weighted by Gasteiger charge is -2.17. The van der Waals surface area contributed by atoms with Crippen LogP contribution in [-0.2, 0) is 25.7 Å². The van der Waals surface area contributed by atoms with Gasteiger partial charge in [-0.05, 0) is 47.9 Å². The molecule has 1 unspecified atom stereocenters. The van der Waals surface area contributed by atoms with Gasteiger partial charge >= 0.3 is 0 Å². The van der Waals surface area contributed by atoms with Gasteiger partial charge < -0.3 is 5.11 Å². The van der Waals surface area contributed by atoms with Crippen LogP contribution in [0, 0.1) is 5.92 Å². The highest BCUT2D eigenvalue weighted by atomic mass is 16.3. The summed E-state index contributed by atoms with van der Waals surface area (Å²) in [5, 5.41) is 10.5. The highest BCUT2D eigenvalue weighted by Gasteiger charge is 2.27. The van der Waals surface area contributed by atoms with Gasteiger partial charge in [0.05, 0.1) is 6.10 Å². The first-order valence-corrected chi connectivity index (χ1v) is 7.45. The van der Waals surface area contributed by atoms with Gasteiger partial charge in [-0.3, -0.25) is 4.98 Å². The van der Waals surface area contributed by atoms with Crippen LogP contribution in [0.2, 0.25) is 0 Å². The number of benzene rings is 1. The Balaban J connectivity index is 1.64. The van der Waals surface area contributed by atoms with E-state index >= 15 is 0 Å². The van der Waals surface area contributed by atoms with Crippen LogP contribution in [0.25, 0.3) is 0 Å². The first kappa shape index (κ1) is 13.3. The zero-order valence-electron chi connectivity index (χ0n) is 11.9. The molecular weight excluding hydrogens is 246 g/mol. The van der Waals surface area contributed by atoms with Crippen molar-refractivity contribution in [3.05, 3.63) is 65.0 Å². The Bertz CT molecular complexity index is 551. The van der Waals surface area contributed by atoms with Crippen LogP contribution < -0.4 is 0 Å². The number of aryl methyl sites for hydroxylation is 1. The van der Waals surface area contributed by atoms with E-state index < -0.39 is 0 Å². The third kappa shape index (κ3) is 2.75. The molecule has 0 amide bonds. The summed E-state index contributed by atoms with van der Waals surface area (Å²) in [5.74, 6) is 0.333. The number of aliphatic hydroxyl groups excluding tert-OH is 1. The fourth-order valence-corrected chi connectivity index (χ4v) is 3.03. The van der Waals surface area contributed by atoms with Crippen molar-refractivity contribution in [1.29, 1.82) is 0 Å². The Kier molecular flexibility index (Phi) is 3.83. The maximum Gasteiger partial charge on any atom is 0.0630 e. The van der Waals surface area contributed by atoms with Crippen molar-refractivity contribution in [2.75, 3.05) is 0 Å². The molecule has 1 aliphatic carbocycles. The van der Waals surface area contributed by atoms with Crippen LogP contribution in [0.3, 0.4) is 0 Å². The monoisotopic (exact) mass is 267 g/mol. The van der Waals surface area contributed by atoms with Gasteiger partial charge in [0.1, 0.15) is 0 Å². The van der Waals surface area contributed by atoms with Crippen LogP contribution >= 0.6 is 0 Å². The Morgan fingerprint density at radius 1 is 1.15 bits per heavy atom. The normalized spacial score (nSPS) is 16.1. The number of hydrogen-bond donors (Lipinski definition) is 1. The zero-order valence-corrected chi connectivity index (χ0v) is 11.9. The molecule has 1 atom stereocenters. The molecule has 0 bridgehead atoms. The molecule has 0 saturated heterocycles. The summed E-state index contributed by atoms with van der Waals surface area (Å²) < 4.78 is 0. The second kappa shape index (κ2) is 5.76. The summed E-state index contributed by atoms with van der Waals surface area (Å²) in [6.45, 7) is 2.13. The fourth-order valence-electron chi connectivity index (χ4n) is 3.03. The molecule has 0 saturated carbocycles. The van der Waals surface area contributed by atoms with E-state index in [4.69, 9.17) is 0 Å². The molecule has 1 N–H and O–H groups in total. The summed E-state index contributed by atoms with van der Waals surface area (Å²) in [6, 6.07) is 12.7. The number of fused-ring (bicyclic) bond motifs is 1. The van der Waals surface area contributed by atoms with E-state index in [1.54, 1.807) is 0 Å². The van der Waals surface area contributed by atoms with Gasteiger partial charge in [-0.25, -0.2) is 0 Å². The van der Waals surface area contributed by atoms with Crippen molar-refractivity contribution in [1.82, 2.24) is 4.98 Å². The first-order chi connectivity index (χ1) is 9.76. The van der Waals surface area contributed by atoms with Crippen molar-refractivity contribution in [3.63, 3.8) is 0 Å². The lowest BCUT2D eigenvalue weighted by Crippen LogP contribution is -2.23. The molecule has 2 nitrogen and oxygen atoms in total. The number of rotatable bonds is 4. The number of nitrogens with zero attached hydrogens (tertiary/aromatic N) is 1. The molecular formula is C18H21NO. The van der Waals surface area contributed by atoms with Crippen LogP contribution in [0.4, 0.5) is 0 Å². The van der Waals surface area contributed by atoms with Crippen molar-refractivity contribution in [3.8, 4) is 0 Å². The minimum atomic E-state index is -0.303. The summed E-state index contributed by atoms with van der Waals surface area (Å²) in [6.07, 6.45) is 5.26. The minimum Gasteiger partial charge on any atom is -0.392 e. The number of pyridine rings is 1. The Morgan fingerprint density at radius 3 is 2.40 bits per heavy atom. The van der Waals surface area contributed by atoms with Gasteiger partial charge in [0, 0.05) is 18.3 Å². The van der Waals surface area contributed by atoms with Gasteiger partial charge in [0.2, 0.25) is 0 Å². The third-order valence-electron chi connectivity index (χ3n) is 4.34. The lowest BCUT2D eigenvalue weighted by molar-refractivity contribution is 0.112. The quantitative estimate of drug-likeness (QED) is 0.924. The predicted octanol–water partition coefficient (Wildman–Crippen LogP) is 2.96. The van der Waals surface area contributed by atoms with Crippen molar-refractivity contribution in [2.24, 2.45) is 5.92 Å². The summed E-state index contributed by atoms with van der Waals surface area (Å²) >= 11 is 0. The van der Waals surface area contributed by atoms with Crippen molar-refractivity contribution < 1.29 is 5.11 Å². The maximum atomic E-state index is 10.5. The number of hydrogen-bond acceptors (Lipinski definition) is 2. The van der Waals surface area contributed by atoms with E-state index in [-0.39, 0.29) is 6.10 Å². The third-order valence-corrected chi connectivity index (χ3v) is 4.34. The minimum absolute atomic E-state index is 0.303. The summed E-state index contributed by atoms with van der Waals surface area (Å²) in [7, 11) is 0. The molecule has 104 valence electrons. The predicted molar refractivity (Wildman–Crippen MR) is 80.7 cm³/mol. The van der Waals surface area contributed by atoms with E-state index in [1.165, 1.54) is 16.7 Å². The molecule has 1 aromatic carbocycles. The van der Waals surface area contributed by atoms with Crippen LogP contribution in [-0.4, -0.2) is 16.2 Å². The van der Waals surface area contributed by atoms with Crippen molar-refractivity contribution >= 4 is 0 Å². The Morgan fingerprint density at radius 2 is 1.85 bits per heavy atom. The SMILES string of the molecule is CCc1ccc(CC(O)C2Cc3ccccc3C2)nc1. The van der Waals surface area contributed by atoms with Gasteiger partial charge in [0.15, 0.2) is 0 Å². The smallest absolute Gasteiger partial charge is 0.0630 e. The standard InChI is InChI=1S/C18H21NO/c1-2-13-7-8-17(19-12-13)11-18(20)16-9-14-5-3-4-6-15(14)10-16/h3-8,12,16,18,20H,2,9-11H2,1H3. The molecule has 1 heterocycles. The van der Waals surface area contributed by atoms with Crippen LogP contribution in [0.5, 0.6) is 0 Å². The number of aromatic nitrogens is 1. The largest absolute Gasteiger partial charge is 0.392 e. The Hall–Kier alpha value is -1.67. The highest BCUT2D eigenvalue weighted by molar-refractivity contribution is 5.32. The molecule has 3 rings (SSSR count). The van der Waals surface area contributed by atoms with Gasteiger partial charge in [-0.15, -0.1) is 0 Å². The van der Waals surface area contributed by atoms with Gasteiger partial charge in [-0.2, -0.15) is 0 Å². The molecule has 1 aromatic heterocycles. The molecule has 20 heavy (non-hydrogen) atoms. The highest BCUT2D eigenvalue weighted by Crippen LogP contribution is 2.29. The fraction of sp³-hybridized carbons (Fsp3) is 0.389. The topological polar surface area (TPSA) is 33.1 Å². The van der Waals surface area contributed by atoms with Crippen LogP contribution in [0.1, 0.15) is 29.3 Å². The maximum absolute atomic E-state index is 10.5. The van der Waals surface area contributed by atoms with E-state index in [2.05, 4.69) is 42.2 Å². The van der Waals surface area contributed by atoms with E-state index in [0.29, 0.717) is 12.3 Å². The second-order valence-electron chi connectivity index (χ2n) is 5.72. The molecule has 2 heteroatoms. The molecule has 0 aliphatic heterocycles. The first-order valence-electron chi connectivity index (χ1n) is 7.45. The molecule has 0 radical (unpaired) electrons. The second-order valence-corrected chi connectivity index (χ2v) is 5.72. The van der Waals surface area contributed by atoms with Gasteiger partial charge in [0.25, 0.3) is 0 Å². The average Bonchev–Trinajstić information content (AvgIpc) is 2.92.